The number of hydrogen-bond donors (Lipinski definition) is 1. The van der Waals surface area contributed by atoms with E-state index in [0.29, 0.717) is 6.42 Å². The summed E-state index contributed by atoms with van der Waals surface area (Å²) >= 11 is 0. The Labute approximate surface area is 97.0 Å². The van der Waals surface area contributed by atoms with Gasteiger partial charge < -0.3 is 14.6 Å². The summed E-state index contributed by atoms with van der Waals surface area (Å²) in [7, 11) is 3.10. The zero-order valence-corrected chi connectivity index (χ0v) is 10.1. The SMILES string of the molecule is CCCC(O)C(OC)(OC)c1ccccc1. The van der Waals surface area contributed by atoms with Crippen molar-refractivity contribution < 1.29 is 14.6 Å². The average Bonchev–Trinajstić information content (AvgIpc) is 2.33. The quantitative estimate of drug-likeness (QED) is 0.753. The molecule has 0 heterocycles. The van der Waals surface area contributed by atoms with Gasteiger partial charge in [0, 0.05) is 19.8 Å². The van der Waals surface area contributed by atoms with E-state index < -0.39 is 11.9 Å². The third-order valence-corrected chi connectivity index (χ3v) is 2.78. The summed E-state index contributed by atoms with van der Waals surface area (Å²) in [6.45, 7) is 2.02. The summed E-state index contributed by atoms with van der Waals surface area (Å²) < 4.78 is 10.8. The molecule has 1 aromatic carbocycles. The number of rotatable bonds is 6. The van der Waals surface area contributed by atoms with E-state index in [1.165, 1.54) is 0 Å². The van der Waals surface area contributed by atoms with Crippen LogP contribution in [0.5, 0.6) is 0 Å². The molecule has 1 unspecified atom stereocenters. The van der Waals surface area contributed by atoms with Gasteiger partial charge in [0.15, 0.2) is 0 Å². The molecule has 1 aromatic rings. The standard InChI is InChI=1S/C13H20O3/c1-4-8-12(14)13(15-2,16-3)11-9-6-5-7-10-11/h5-7,9-10,12,14H,4,8H2,1-3H3. The van der Waals surface area contributed by atoms with E-state index in [2.05, 4.69) is 0 Å². The first-order valence-electron chi connectivity index (χ1n) is 5.55. The zero-order valence-electron chi connectivity index (χ0n) is 10.1. The minimum absolute atomic E-state index is 0.635. The molecule has 0 saturated carbocycles. The van der Waals surface area contributed by atoms with Crippen molar-refractivity contribution in [2.24, 2.45) is 0 Å². The van der Waals surface area contributed by atoms with Gasteiger partial charge in [0.1, 0.15) is 6.10 Å². The van der Waals surface area contributed by atoms with Gasteiger partial charge in [0.05, 0.1) is 0 Å². The first-order valence-corrected chi connectivity index (χ1v) is 5.55. The van der Waals surface area contributed by atoms with Crippen molar-refractivity contribution >= 4 is 0 Å². The normalized spacial score (nSPS) is 13.8. The van der Waals surface area contributed by atoms with Crippen molar-refractivity contribution in [1.29, 1.82) is 0 Å². The van der Waals surface area contributed by atoms with E-state index >= 15 is 0 Å². The molecule has 0 saturated heterocycles. The monoisotopic (exact) mass is 224 g/mol. The van der Waals surface area contributed by atoms with E-state index in [0.717, 1.165) is 12.0 Å². The van der Waals surface area contributed by atoms with Crippen molar-refractivity contribution in [1.82, 2.24) is 0 Å². The number of aliphatic hydroxyl groups excluding tert-OH is 1. The van der Waals surface area contributed by atoms with Gasteiger partial charge in [-0.25, -0.2) is 0 Å². The Morgan fingerprint density at radius 2 is 1.75 bits per heavy atom. The van der Waals surface area contributed by atoms with Gasteiger partial charge in [-0.1, -0.05) is 43.7 Å². The molecule has 0 aliphatic rings. The van der Waals surface area contributed by atoms with Gasteiger partial charge >= 0.3 is 0 Å². The molecule has 0 fully saturated rings. The summed E-state index contributed by atoms with van der Waals surface area (Å²) in [5.41, 5.74) is 0.834. The highest BCUT2D eigenvalue weighted by molar-refractivity contribution is 5.21. The van der Waals surface area contributed by atoms with Crippen LogP contribution >= 0.6 is 0 Å². The number of benzene rings is 1. The number of ether oxygens (including phenoxy) is 2. The third kappa shape index (κ3) is 2.43. The fourth-order valence-electron chi connectivity index (χ4n) is 1.92. The predicted octanol–water partition coefficient (Wildman–Crippen LogP) is 2.29. The van der Waals surface area contributed by atoms with Crippen LogP contribution in [0.4, 0.5) is 0 Å². The molecule has 1 N–H and O–H groups in total. The smallest absolute Gasteiger partial charge is 0.221 e. The molecule has 0 aliphatic heterocycles. The molecular formula is C13H20O3. The van der Waals surface area contributed by atoms with E-state index in [9.17, 15) is 5.11 Å². The first-order chi connectivity index (χ1) is 7.71. The maximum Gasteiger partial charge on any atom is 0.221 e. The molecule has 3 nitrogen and oxygen atoms in total. The summed E-state index contributed by atoms with van der Waals surface area (Å²) in [4.78, 5) is 0. The molecular weight excluding hydrogens is 204 g/mol. The summed E-state index contributed by atoms with van der Waals surface area (Å²) in [6, 6.07) is 9.52. The highest BCUT2D eigenvalue weighted by atomic mass is 16.7. The molecule has 0 aromatic heterocycles. The summed E-state index contributed by atoms with van der Waals surface area (Å²) in [5.74, 6) is -1.06. The Bertz CT molecular complexity index is 293. The fraction of sp³-hybridized carbons (Fsp3) is 0.538. The Hall–Kier alpha value is -0.900. The fourth-order valence-corrected chi connectivity index (χ4v) is 1.92. The molecule has 3 heteroatoms. The molecule has 0 radical (unpaired) electrons. The molecule has 0 spiro atoms. The van der Waals surface area contributed by atoms with Gasteiger partial charge in [0.2, 0.25) is 5.79 Å². The van der Waals surface area contributed by atoms with Crippen LogP contribution in [0.25, 0.3) is 0 Å². The summed E-state index contributed by atoms with van der Waals surface area (Å²) in [6.07, 6.45) is 0.842. The topological polar surface area (TPSA) is 38.7 Å². The molecule has 0 bridgehead atoms. The van der Waals surface area contributed by atoms with E-state index in [-0.39, 0.29) is 0 Å². The Morgan fingerprint density at radius 3 is 2.19 bits per heavy atom. The van der Waals surface area contributed by atoms with E-state index in [1.54, 1.807) is 14.2 Å². The first kappa shape index (κ1) is 13.2. The van der Waals surface area contributed by atoms with E-state index in [1.807, 2.05) is 37.3 Å². The Kier molecular flexibility index (Phi) is 4.93. The Balaban J connectivity index is 3.05. The van der Waals surface area contributed by atoms with Crippen molar-refractivity contribution in [3.05, 3.63) is 35.9 Å². The van der Waals surface area contributed by atoms with Crippen molar-refractivity contribution in [3.8, 4) is 0 Å². The maximum atomic E-state index is 10.2. The highest BCUT2D eigenvalue weighted by Crippen LogP contribution is 2.31. The van der Waals surface area contributed by atoms with Crippen LogP contribution in [0.1, 0.15) is 25.3 Å². The lowest BCUT2D eigenvalue weighted by Gasteiger charge is -2.35. The maximum absolute atomic E-state index is 10.2. The van der Waals surface area contributed by atoms with Crippen LogP contribution in [-0.4, -0.2) is 25.4 Å². The van der Waals surface area contributed by atoms with Crippen LogP contribution in [0.15, 0.2) is 30.3 Å². The molecule has 0 aliphatic carbocycles. The van der Waals surface area contributed by atoms with Gasteiger partial charge in [-0.3, -0.25) is 0 Å². The van der Waals surface area contributed by atoms with Crippen LogP contribution in [0, 0.1) is 0 Å². The minimum Gasteiger partial charge on any atom is -0.387 e. The van der Waals surface area contributed by atoms with Gasteiger partial charge in [-0.05, 0) is 6.42 Å². The molecule has 1 atom stereocenters. The van der Waals surface area contributed by atoms with Gasteiger partial charge in [0.25, 0.3) is 0 Å². The number of methoxy groups -OCH3 is 2. The zero-order chi connectivity index (χ0) is 12.0. The van der Waals surface area contributed by atoms with Crippen molar-refractivity contribution in [3.63, 3.8) is 0 Å². The third-order valence-electron chi connectivity index (χ3n) is 2.78. The van der Waals surface area contributed by atoms with E-state index in [4.69, 9.17) is 9.47 Å². The lowest BCUT2D eigenvalue weighted by molar-refractivity contribution is -0.270. The number of hydrogen-bond acceptors (Lipinski definition) is 3. The minimum atomic E-state index is -1.06. The average molecular weight is 224 g/mol. The van der Waals surface area contributed by atoms with Crippen LogP contribution < -0.4 is 0 Å². The van der Waals surface area contributed by atoms with Crippen LogP contribution in [0.3, 0.4) is 0 Å². The second-order valence-electron chi connectivity index (χ2n) is 3.75. The van der Waals surface area contributed by atoms with Crippen LogP contribution in [-0.2, 0) is 15.3 Å². The predicted molar refractivity (Wildman–Crippen MR) is 63.1 cm³/mol. The second kappa shape index (κ2) is 5.99. The molecule has 1 rings (SSSR count). The lowest BCUT2D eigenvalue weighted by atomic mass is 9.96. The number of aliphatic hydroxyl groups is 1. The lowest BCUT2D eigenvalue weighted by Crippen LogP contribution is -2.43. The molecule has 16 heavy (non-hydrogen) atoms. The molecule has 0 amide bonds. The Morgan fingerprint density at radius 1 is 1.19 bits per heavy atom. The highest BCUT2D eigenvalue weighted by Gasteiger charge is 2.39. The van der Waals surface area contributed by atoms with Crippen molar-refractivity contribution in [2.45, 2.75) is 31.7 Å². The largest absolute Gasteiger partial charge is 0.387 e. The van der Waals surface area contributed by atoms with Gasteiger partial charge in [-0.2, -0.15) is 0 Å². The molecule has 90 valence electrons. The van der Waals surface area contributed by atoms with Crippen molar-refractivity contribution in [2.75, 3.05) is 14.2 Å². The second-order valence-corrected chi connectivity index (χ2v) is 3.75. The summed E-state index contributed by atoms with van der Waals surface area (Å²) in [5, 5.41) is 10.2. The van der Waals surface area contributed by atoms with Crippen LogP contribution in [0.2, 0.25) is 0 Å². The van der Waals surface area contributed by atoms with Gasteiger partial charge in [-0.15, -0.1) is 0 Å².